The lowest BCUT2D eigenvalue weighted by Crippen LogP contribution is -2.53. The van der Waals surface area contributed by atoms with Crippen LogP contribution in [0.1, 0.15) is 76.2 Å². The van der Waals surface area contributed by atoms with Crippen LogP contribution < -0.4 is 5.32 Å². The first-order valence-corrected chi connectivity index (χ1v) is 9.32. The molecule has 122 valence electrons. The van der Waals surface area contributed by atoms with Gasteiger partial charge < -0.3 is 4.74 Å². The van der Waals surface area contributed by atoms with Gasteiger partial charge in [0.1, 0.15) is 5.72 Å². The predicted octanol–water partition coefficient (Wildman–Crippen LogP) is 5.18. The molecule has 2 fully saturated rings. The molecule has 2 heteroatoms. The molecule has 1 aromatic rings. The zero-order chi connectivity index (χ0) is 15.1. The van der Waals surface area contributed by atoms with Crippen LogP contribution in [0.3, 0.4) is 0 Å². The normalized spacial score (nSPS) is 23.1. The summed E-state index contributed by atoms with van der Waals surface area (Å²) in [6.45, 7) is 0.737. The van der Waals surface area contributed by atoms with Crippen LogP contribution in [-0.2, 0) is 11.3 Å². The first-order chi connectivity index (χ1) is 10.9. The highest BCUT2D eigenvalue weighted by molar-refractivity contribution is 5.13. The minimum Gasteiger partial charge on any atom is -0.356 e. The van der Waals surface area contributed by atoms with Crippen LogP contribution in [0.4, 0.5) is 0 Å². The number of hydrogen-bond acceptors (Lipinski definition) is 2. The first kappa shape index (κ1) is 16.0. The summed E-state index contributed by atoms with van der Waals surface area (Å²) in [5, 5.41) is 3.96. The van der Waals surface area contributed by atoms with Gasteiger partial charge in [0.05, 0.1) is 6.61 Å². The largest absolute Gasteiger partial charge is 0.356 e. The standard InChI is InChI=1S/C20H31NO/c1-2-8-14-19(13-7-1)21-20(15-9-4-10-16-20)22-17-18-11-5-3-6-12-18/h3,5-6,11-12,19,21H,1-2,4,7-10,13-17H2. The molecule has 0 saturated heterocycles. The molecular weight excluding hydrogens is 270 g/mol. The minimum absolute atomic E-state index is 0.0664. The summed E-state index contributed by atoms with van der Waals surface area (Å²) < 4.78 is 6.49. The molecular formula is C20H31NO. The Hall–Kier alpha value is -0.860. The quantitative estimate of drug-likeness (QED) is 0.598. The van der Waals surface area contributed by atoms with Crippen molar-refractivity contribution >= 4 is 0 Å². The van der Waals surface area contributed by atoms with Crippen LogP contribution in [-0.4, -0.2) is 11.8 Å². The molecule has 0 aliphatic heterocycles. The average Bonchev–Trinajstić information content (AvgIpc) is 2.84. The van der Waals surface area contributed by atoms with Crippen LogP contribution in [0.15, 0.2) is 30.3 Å². The van der Waals surface area contributed by atoms with Crippen molar-refractivity contribution in [2.75, 3.05) is 0 Å². The lowest BCUT2D eigenvalue weighted by molar-refractivity contribution is -0.111. The molecule has 2 saturated carbocycles. The zero-order valence-electron chi connectivity index (χ0n) is 13.9. The van der Waals surface area contributed by atoms with E-state index >= 15 is 0 Å². The van der Waals surface area contributed by atoms with Crippen LogP contribution in [0.5, 0.6) is 0 Å². The van der Waals surface area contributed by atoms with Gasteiger partial charge in [0.2, 0.25) is 0 Å². The van der Waals surface area contributed by atoms with Crippen LogP contribution in [0.25, 0.3) is 0 Å². The van der Waals surface area contributed by atoms with Crippen LogP contribution >= 0.6 is 0 Å². The van der Waals surface area contributed by atoms with Gasteiger partial charge >= 0.3 is 0 Å². The third-order valence-electron chi connectivity index (χ3n) is 5.34. The molecule has 1 N–H and O–H groups in total. The van der Waals surface area contributed by atoms with Crippen molar-refractivity contribution in [3.8, 4) is 0 Å². The fourth-order valence-electron chi connectivity index (χ4n) is 4.04. The molecule has 0 radical (unpaired) electrons. The SMILES string of the molecule is c1ccc(COC2(NC3CCCCCC3)CCCCC2)cc1. The number of ether oxygens (including phenoxy) is 1. The third-order valence-corrected chi connectivity index (χ3v) is 5.34. The van der Waals surface area contributed by atoms with E-state index in [0.717, 1.165) is 6.61 Å². The van der Waals surface area contributed by atoms with Crippen molar-refractivity contribution in [1.29, 1.82) is 0 Å². The maximum atomic E-state index is 6.49. The van der Waals surface area contributed by atoms with Gasteiger partial charge in [0, 0.05) is 6.04 Å². The van der Waals surface area contributed by atoms with Crippen molar-refractivity contribution in [3.05, 3.63) is 35.9 Å². The molecule has 2 aliphatic carbocycles. The maximum Gasteiger partial charge on any atom is 0.119 e. The second-order valence-electron chi connectivity index (χ2n) is 7.16. The lowest BCUT2D eigenvalue weighted by Gasteiger charge is -2.41. The van der Waals surface area contributed by atoms with E-state index in [4.69, 9.17) is 4.74 Å². The van der Waals surface area contributed by atoms with E-state index < -0.39 is 0 Å². The Bertz CT molecular complexity index is 417. The Balaban J connectivity index is 1.62. The summed E-state index contributed by atoms with van der Waals surface area (Å²) in [5.74, 6) is 0. The Kier molecular flexibility index (Phi) is 5.91. The van der Waals surface area contributed by atoms with Gasteiger partial charge in [-0.25, -0.2) is 0 Å². The molecule has 22 heavy (non-hydrogen) atoms. The average molecular weight is 301 g/mol. The summed E-state index contributed by atoms with van der Waals surface area (Å²) in [6.07, 6.45) is 14.6. The van der Waals surface area contributed by atoms with E-state index in [1.54, 1.807) is 0 Å². The van der Waals surface area contributed by atoms with Crippen molar-refractivity contribution in [2.45, 2.75) is 89.0 Å². The second kappa shape index (κ2) is 8.12. The highest BCUT2D eigenvalue weighted by Crippen LogP contribution is 2.32. The molecule has 0 bridgehead atoms. The molecule has 1 aromatic carbocycles. The fourth-order valence-corrected chi connectivity index (χ4v) is 4.04. The lowest BCUT2D eigenvalue weighted by atomic mass is 9.90. The van der Waals surface area contributed by atoms with Crippen molar-refractivity contribution in [3.63, 3.8) is 0 Å². The van der Waals surface area contributed by atoms with Gasteiger partial charge in [-0.3, -0.25) is 5.32 Å². The summed E-state index contributed by atoms with van der Waals surface area (Å²) in [4.78, 5) is 0. The van der Waals surface area contributed by atoms with E-state index in [1.165, 1.54) is 76.2 Å². The summed E-state index contributed by atoms with van der Waals surface area (Å²) in [6, 6.07) is 11.3. The molecule has 2 aliphatic rings. The molecule has 0 heterocycles. The van der Waals surface area contributed by atoms with E-state index in [0.29, 0.717) is 6.04 Å². The van der Waals surface area contributed by atoms with Gasteiger partial charge in [0.15, 0.2) is 0 Å². The monoisotopic (exact) mass is 301 g/mol. The van der Waals surface area contributed by atoms with E-state index in [2.05, 4.69) is 35.6 Å². The third kappa shape index (κ3) is 4.57. The molecule has 2 nitrogen and oxygen atoms in total. The summed E-state index contributed by atoms with van der Waals surface area (Å²) in [5.41, 5.74) is 1.22. The van der Waals surface area contributed by atoms with Crippen molar-refractivity contribution in [2.24, 2.45) is 0 Å². The first-order valence-electron chi connectivity index (χ1n) is 9.32. The zero-order valence-corrected chi connectivity index (χ0v) is 13.9. The Morgan fingerprint density at radius 3 is 2.18 bits per heavy atom. The van der Waals surface area contributed by atoms with Gasteiger partial charge in [-0.2, -0.15) is 0 Å². The highest BCUT2D eigenvalue weighted by Gasteiger charge is 2.34. The number of benzene rings is 1. The maximum absolute atomic E-state index is 6.49. The Morgan fingerprint density at radius 1 is 0.864 bits per heavy atom. The summed E-state index contributed by atoms with van der Waals surface area (Å²) in [7, 11) is 0. The molecule has 0 spiro atoms. The van der Waals surface area contributed by atoms with Gasteiger partial charge in [0.25, 0.3) is 0 Å². The Labute approximate surface area is 135 Å². The van der Waals surface area contributed by atoms with Gasteiger partial charge in [-0.15, -0.1) is 0 Å². The Morgan fingerprint density at radius 2 is 1.50 bits per heavy atom. The molecule has 3 rings (SSSR count). The molecule has 0 unspecified atom stereocenters. The molecule has 0 amide bonds. The van der Waals surface area contributed by atoms with Gasteiger partial charge in [-0.1, -0.05) is 62.4 Å². The van der Waals surface area contributed by atoms with Crippen molar-refractivity contribution < 1.29 is 4.74 Å². The minimum atomic E-state index is -0.0664. The smallest absolute Gasteiger partial charge is 0.119 e. The van der Waals surface area contributed by atoms with E-state index in [-0.39, 0.29) is 5.72 Å². The van der Waals surface area contributed by atoms with Crippen LogP contribution in [0, 0.1) is 0 Å². The fraction of sp³-hybridized carbons (Fsp3) is 0.700. The van der Waals surface area contributed by atoms with Gasteiger partial charge in [-0.05, 0) is 44.1 Å². The van der Waals surface area contributed by atoms with Crippen LogP contribution in [0.2, 0.25) is 0 Å². The van der Waals surface area contributed by atoms with E-state index in [9.17, 15) is 0 Å². The molecule has 0 aromatic heterocycles. The topological polar surface area (TPSA) is 21.3 Å². The van der Waals surface area contributed by atoms with Crippen molar-refractivity contribution in [1.82, 2.24) is 5.32 Å². The highest BCUT2D eigenvalue weighted by atomic mass is 16.5. The number of rotatable bonds is 5. The van der Waals surface area contributed by atoms with E-state index in [1.807, 2.05) is 0 Å². The summed E-state index contributed by atoms with van der Waals surface area (Å²) >= 11 is 0. The predicted molar refractivity (Wildman–Crippen MR) is 91.7 cm³/mol. The second-order valence-corrected chi connectivity index (χ2v) is 7.16. The molecule has 0 atom stereocenters. The number of nitrogens with one attached hydrogen (secondary N) is 1. The number of hydrogen-bond donors (Lipinski definition) is 1.